The molecular weight excluding hydrogens is 270 g/mol. The first-order valence-corrected chi connectivity index (χ1v) is 6.84. The number of furan rings is 1. The Hall–Kier alpha value is -0.770. The summed E-state index contributed by atoms with van der Waals surface area (Å²) in [5.41, 5.74) is 0. The van der Waals surface area contributed by atoms with E-state index in [0.29, 0.717) is 11.8 Å². The van der Waals surface area contributed by atoms with Crippen LogP contribution in [0.5, 0.6) is 0 Å². The van der Waals surface area contributed by atoms with Crippen LogP contribution in [0.1, 0.15) is 36.1 Å². The maximum absolute atomic E-state index is 12.2. The normalized spacial score (nSPS) is 20.4. The second kappa shape index (κ2) is 5.04. The highest BCUT2D eigenvalue weighted by molar-refractivity contribution is 9.09. The van der Waals surface area contributed by atoms with E-state index in [1.807, 2.05) is 17.9 Å². The van der Waals surface area contributed by atoms with Gasteiger partial charge in [-0.2, -0.15) is 0 Å². The molecular formula is C12H16BrNO2. The van der Waals surface area contributed by atoms with Gasteiger partial charge in [0.15, 0.2) is 5.76 Å². The third-order valence-electron chi connectivity index (χ3n) is 3.04. The molecule has 0 aromatic carbocycles. The highest BCUT2D eigenvalue weighted by atomic mass is 79.9. The van der Waals surface area contributed by atoms with E-state index >= 15 is 0 Å². The van der Waals surface area contributed by atoms with Crippen molar-refractivity contribution in [2.24, 2.45) is 0 Å². The second-order valence-corrected chi connectivity index (χ2v) is 4.72. The van der Waals surface area contributed by atoms with E-state index in [-0.39, 0.29) is 5.91 Å². The van der Waals surface area contributed by atoms with Crippen molar-refractivity contribution in [2.75, 3.05) is 11.9 Å². The molecule has 1 aromatic heterocycles. The van der Waals surface area contributed by atoms with E-state index < -0.39 is 0 Å². The fourth-order valence-corrected chi connectivity index (χ4v) is 2.76. The Morgan fingerprint density at radius 3 is 3.06 bits per heavy atom. The van der Waals surface area contributed by atoms with Crippen LogP contribution in [0.25, 0.3) is 0 Å². The van der Waals surface area contributed by atoms with Crippen LogP contribution in [-0.4, -0.2) is 28.7 Å². The molecule has 1 aromatic rings. The average Bonchev–Trinajstić information content (AvgIpc) is 2.96. The summed E-state index contributed by atoms with van der Waals surface area (Å²) in [6, 6.07) is 3.99. The Kier molecular flexibility index (Phi) is 3.69. The molecule has 16 heavy (non-hydrogen) atoms. The quantitative estimate of drug-likeness (QED) is 0.801. The molecule has 0 radical (unpaired) electrons. The Bertz CT molecular complexity index is 375. The SMILES string of the molecule is CCc1ccc(C(=O)N2CCCC2CBr)o1. The maximum atomic E-state index is 12.2. The molecule has 3 nitrogen and oxygen atoms in total. The summed E-state index contributed by atoms with van der Waals surface area (Å²) in [4.78, 5) is 14.1. The monoisotopic (exact) mass is 285 g/mol. The van der Waals surface area contributed by atoms with Crippen LogP contribution in [0.15, 0.2) is 16.5 Å². The van der Waals surface area contributed by atoms with Crippen LogP contribution in [0.2, 0.25) is 0 Å². The molecule has 0 spiro atoms. The largest absolute Gasteiger partial charge is 0.456 e. The van der Waals surface area contributed by atoms with E-state index in [2.05, 4.69) is 15.9 Å². The minimum Gasteiger partial charge on any atom is -0.456 e. The average molecular weight is 286 g/mol. The van der Waals surface area contributed by atoms with Crippen molar-refractivity contribution in [1.29, 1.82) is 0 Å². The Morgan fingerprint density at radius 2 is 2.44 bits per heavy atom. The van der Waals surface area contributed by atoms with Gasteiger partial charge in [-0.3, -0.25) is 4.79 Å². The fourth-order valence-electron chi connectivity index (χ4n) is 2.09. The number of hydrogen-bond donors (Lipinski definition) is 0. The van der Waals surface area contributed by atoms with E-state index in [9.17, 15) is 4.79 Å². The molecule has 2 heterocycles. The fraction of sp³-hybridized carbons (Fsp3) is 0.583. The molecule has 1 amide bonds. The lowest BCUT2D eigenvalue weighted by Crippen LogP contribution is -2.36. The zero-order valence-corrected chi connectivity index (χ0v) is 11.0. The van der Waals surface area contributed by atoms with Gasteiger partial charge in [0.25, 0.3) is 5.91 Å². The van der Waals surface area contributed by atoms with Crippen LogP contribution >= 0.6 is 15.9 Å². The minimum absolute atomic E-state index is 0.0293. The lowest BCUT2D eigenvalue weighted by Gasteiger charge is -2.21. The zero-order valence-electron chi connectivity index (χ0n) is 9.41. The molecule has 1 unspecified atom stereocenters. The third-order valence-corrected chi connectivity index (χ3v) is 3.78. The van der Waals surface area contributed by atoms with Crippen molar-refractivity contribution in [3.05, 3.63) is 23.7 Å². The summed E-state index contributed by atoms with van der Waals surface area (Å²) in [5, 5.41) is 0.847. The van der Waals surface area contributed by atoms with Crippen LogP contribution in [-0.2, 0) is 6.42 Å². The zero-order chi connectivity index (χ0) is 11.5. The van der Waals surface area contributed by atoms with E-state index in [0.717, 1.165) is 36.9 Å². The van der Waals surface area contributed by atoms with E-state index in [4.69, 9.17) is 4.42 Å². The van der Waals surface area contributed by atoms with Crippen molar-refractivity contribution in [2.45, 2.75) is 32.2 Å². The molecule has 2 rings (SSSR count). The van der Waals surface area contributed by atoms with Gasteiger partial charge in [0.05, 0.1) is 0 Å². The number of amides is 1. The number of aryl methyl sites for hydroxylation is 1. The van der Waals surface area contributed by atoms with Gasteiger partial charge >= 0.3 is 0 Å². The van der Waals surface area contributed by atoms with Crippen molar-refractivity contribution >= 4 is 21.8 Å². The molecule has 1 fully saturated rings. The first-order chi connectivity index (χ1) is 7.76. The van der Waals surface area contributed by atoms with Crippen molar-refractivity contribution in [3.8, 4) is 0 Å². The third kappa shape index (κ3) is 2.17. The number of likely N-dealkylation sites (tertiary alicyclic amines) is 1. The topological polar surface area (TPSA) is 33.5 Å². The first-order valence-electron chi connectivity index (χ1n) is 5.72. The van der Waals surface area contributed by atoms with E-state index in [1.165, 1.54) is 0 Å². The van der Waals surface area contributed by atoms with Crippen LogP contribution in [0.4, 0.5) is 0 Å². The molecule has 0 aliphatic carbocycles. The number of carbonyl (C=O) groups is 1. The summed E-state index contributed by atoms with van der Waals surface area (Å²) in [6.07, 6.45) is 3.00. The summed E-state index contributed by atoms with van der Waals surface area (Å²) >= 11 is 3.45. The molecule has 88 valence electrons. The standard InChI is InChI=1S/C12H16BrNO2/c1-2-10-5-6-11(16-10)12(15)14-7-3-4-9(14)8-13/h5-6,9H,2-4,7-8H2,1H3. The van der Waals surface area contributed by atoms with Gasteiger partial charge < -0.3 is 9.32 Å². The molecule has 1 saturated heterocycles. The number of alkyl halides is 1. The number of rotatable bonds is 3. The number of carbonyl (C=O) groups excluding carboxylic acids is 1. The van der Waals surface area contributed by atoms with Crippen molar-refractivity contribution in [3.63, 3.8) is 0 Å². The lowest BCUT2D eigenvalue weighted by atomic mass is 10.2. The Labute approximate surface area is 104 Å². The van der Waals surface area contributed by atoms with Crippen molar-refractivity contribution in [1.82, 2.24) is 4.90 Å². The number of halogens is 1. The summed E-state index contributed by atoms with van der Waals surface area (Å²) < 4.78 is 5.49. The minimum atomic E-state index is 0.0293. The predicted octanol–water partition coefficient (Wildman–Crippen LogP) is 2.84. The smallest absolute Gasteiger partial charge is 0.289 e. The predicted molar refractivity (Wildman–Crippen MR) is 65.9 cm³/mol. The van der Waals surface area contributed by atoms with Crippen LogP contribution < -0.4 is 0 Å². The van der Waals surface area contributed by atoms with Gasteiger partial charge in [-0.05, 0) is 25.0 Å². The molecule has 1 aliphatic rings. The molecule has 1 aliphatic heterocycles. The van der Waals surface area contributed by atoms with Crippen molar-refractivity contribution < 1.29 is 9.21 Å². The number of nitrogens with zero attached hydrogens (tertiary/aromatic N) is 1. The van der Waals surface area contributed by atoms with Gasteiger partial charge in [-0.15, -0.1) is 0 Å². The van der Waals surface area contributed by atoms with E-state index in [1.54, 1.807) is 6.07 Å². The Morgan fingerprint density at radius 1 is 1.62 bits per heavy atom. The summed E-state index contributed by atoms with van der Waals surface area (Å²) in [5.74, 6) is 1.38. The van der Waals surface area contributed by atoms with Crippen LogP contribution in [0, 0.1) is 0 Å². The lowest BCUT2D eigenvalue weighted by molar-refractivity contribution is 0.0716. The number of hydrogen-bond acceptors (Lipinski definition) is 2. The summed E-state index contributed by atoms with van der Waals surface area (Å²) in [6.45, 7) is 2.86. The highest BCUT2D eigenvalue weighted by Crippen LogP contribution is 2.22. The molecule has 0 bridgehead atoms. The molecule has 4 heteroatoms. The molecule has 0 saturated carbocycles. The molecule has 1 atom stereocenters. The van der Waals surface area contributed by atoms with Gasteiger partial charge in [-0.1, -0.05) is 22.9 Å². The van der Waals surface area contributed by atoms with Gasteiger partial charge in [0.1, 0.15) is 5.76 Å². The Balaban J connectivity index is 2.12. The first kappa shape index (κ1) is 11.7. The second-order valence-electron chi connectivity index (χ2n) is 4.07. The maximum Gasteiger partial charge on any atom is 0.289 e. The van der Waals surface area contributed by atoms with Gasteiger partial charge in [0, 0.05) is 24.3 Å². The highest BCUT2D eigenvalue weighted by Gasteiger charge is 2.29. The van der Waals surface area contributed by atoms with Gasteiger partial charge in [0.2, 0.25) is 0 Å². The van der Waals surface area contributed by atoms with Gasteiger partial charge in [-0.25, -0.2) is 0 Å². The summed E-state index contributed by atoms with van der Waals surface area (Å²) in [7, 11) is 0. The molecule has 0 N–H and O–H groups in total. The van der Waals surface area contributed by atoms with Crippen LogP contribution in [0.3, 0.4) is 0 Å².